The number of carbonyl (C=O) groups is 1. The number of anilines is 1. The van der Waals surface area contributed by atoms with Crippen LogP contribution in [0.2, 0.25) is 0 Å². The minimum atomic E-state index is -0.369. The Balaban J connectivity index is 2.19. The fraction of sp³-hybridized carbons (Fsp3) is 0.333. The van der Waals surface area contributed by atoms with Crippen LogP contribution in [-0.4, -0.2) is 18.2 Å². The second-order valence-electron chi connectivity index (χ2n) is 6.70. The van der Waals surface area contributed by atoms with Crippen LogP contribution in [0.5, 0.6) is 0 Å². The van der Waals surface area contributed by atoms with E-state index in [2.05, 4.69) is 43.5 Å². The standard InChI is InChI=1S/C21H26N2O2S/c1-13(2)19(17-9-7-6-8-14(17)3)23-21(26)22-18-12-16(20(24)25-5)11-10-15(18)4/h6-13,19H,1-5H3,(H2,22,23,26)/t19-/m0/s1. The van der Waals surface area contributed by atoms with Crippen molar-refractivity contribution in [2.45, 2.75) is 33.7 Å². The quantitative estimate of drug-likeness (QED) is 0.586. The first-order chi connectivity index (χ1) is 12.3. The maximum Gasteiger partial charge on any atom is 0.337 e. The number of hydrogen-bond acceptors (Lipinski definition) is 3. The largest absolute Gasteiger partial charge is 0.465 e. The van der Waals surface area contributed by atoms with Gasteiger partial charge in [-0.2, -0.15) is 0 Å². The Kier molecular flexibility index (Phi) is 6.75. The molecule has 0 saturated heterocycles. The number of carbonyl (C=O) groups excluding carboxylic acids is 1. The van der Waals surface area contributed by atoms with Gasteiger partial charge in [-0.3, -0.25) is 0 Å². The summed E-state index contributed by atoms with van der Waals surface area (Å²) in [7, 11) is 1.37. The Morgan fingerprint density at radius 3 is 2.38 bits per heavy atom. The van der Waals surface area contributed by atoms with Crippen LogP contribution in [0, 0.1) is 19.8 Å². The zero-order valence-corrected chi connectivity index (χ0v) is 16.7. The van der Waals surface area contributed by atoms with Gasteiger partial charge in [-0.1, -0.05) is 44.2 Å². The number of hydrogen-bond donors (Lipinski definition) is 2. The Morgan fingerprint density at radius 2 is 1.77 bits per heavy atom. The lowest BCUT2D eigenvalue weighted by atomic mass is 9.93. The van der Waals surface area contributed by atoms with E-state index in [9.17, 15) is 4.79 Å². The first kappa shape index (κ1) is 19.9. The molecule has 2 aromatic rings. The first-order valence-electron chi connectivity index (χ1n) is 8.65. The molecule has 2 N–H and O–H groups in total. The van der Waals surface area contributed by atoms with Crippen LogP contribution < -0.4 is 10.6 Å². The van der Waals surface area contributed by atoms with Crippen LogP contribution in [0.1, 0.15) is 46.9 Å². The SMILES string of the molecule is COC(=O)c1ccc(C)c(NC(=S)N[C@H](c2ccccc2C)C(C)C)c1. The van der Waals surface area contributed by atoms with Crippen LogP contribution in [0.3, 0.4) is 0 Å². The molecule has 0 amide bonds. The van der Waals surface area contributed by atoms with Gasteiger partial charge in [0.25, 0.3) is 0 Å². The van der Waals surface area contributed by atoms with Crippen LogP contribution in [-0.2, 0) is 4.74 Å². The zero-order valence-electron chi connectivity index (χ0n) is 15.9. The lowest BCUT2D eigenvalue weighted by Gasteiger charge is -2.26. The van der Waals surface area contributed by atoms with Gasteiger partial charge in [-0.25, -0.2) is 4.79 Å². The third-order valence-corrected chi connectivity index (χ3v) is 4.60. The molecule has 0 aliphatic carbocycles. The predicted molar refractivity (Wildman–Crippen MR) is 111 cm³/mol. The first-order valence-corrected chi connectivity index (χ1v) is 9.06. The van der Waals surface area contributed by atoms with Gasteiger partial charge in [-0.05, 0) is 60.8 Å². The molecule has 0 radical (unpaired) electrons. The van der Waals surface area contributed by atoms with E-state index in [-0.39, 0.29) is 12.0 Å². The average Bonchev–Trinajstić information content (AvgIpc) is 2.61. The van der Waals surface area contributed by atoms with E-state index in [0.29, 0.717) is 16.6 Å². The maximum absolute atomic E-state index is 11.8. The summed E-state index contributed by atoms with van der Waals surface area (Å²) in [6, 6.07) is 13.8. The number of rotatable bonds is 5. The third kappa shape index (κ3) is 4.82. The monoisotopic (exact) mass is 370 g/mol. The molecule has 0 aromatic heterocycles. The van der Waals surface area contributed by atoms with Crippen LogP contribution in [0.4, 0.5) is 5.69 Å². The lowest BCUT2D eigenvalue weighted by Crippen LogP contribution is -2.35. The lowest BCUT2D eigenvalue weighted by molar-refractivity contribution is 0.0601. The van der Waals surface area contributed by atoms with Gasteiger partial charge in [0.15, 0.2) is 5.11 Å². The number of methoxy groups -OCH3 is 1. The average molecular weight is 371 g/mol. The molecule has 0 aliphatic heterocycles. The van der Waals surface area contributed by atoms with Crippen molar-refractivity contribution >= 4 is 29.0 Å². The molecule has 2 aromatic carbocycles. The summed E-state index contributed by atoms with van der Waals surface area (Å²) in [5.74, 6) is -0.00903. The summed E-state index contributed by atoms with van der Waals surface area (Å²) in [6.07, 6.45) is 0. The second kappa shape index (κ2) is 8.81. The van der Waals surface area contributed by atoms with Crippen molar-refractivity contribution in [1.82, 2.24) is 5.32 Å². The molecule has 0 fully saturated rings. The zero-order chi connectivity index (χ0) is 19.3. The van der Waals surface area contributed by atoms with E-state index in [4.69, 9.17) is 17.0 Å². The van der Waals surface area contributed by atoms with E-state index < -0.39 is 0 Å². The molecule has 26 heavy (non-hydrogen) atoms. The second-order valence-corrected chi connectivity index (χ2v) is 7.11. The Hall–Kier alpha value is -2.40. The number of esters is 1. The Morgan fingerprint density at radius 1 is 1.08 bits per heavy atom. The van der Waals surface area contributed by atoms with Gasteiger partial charge in [0.1, 0.15) is 0 Å². The molecule has 0 bridgehead atoms. The number of benzene rings is 2. The third-order valence-electron chi connectivity index (χ3n) is 4.38. The number of aryl methyl sites for hydroxylation is 2. The normalized spacial score (nSPS) is 11.8. The van der Waals surface area contributed by atoms with Crippen LogP contribution in [0.25, 0.3) is 0 Å². The van der Waals surface area contributed by atoms with Gasteiger partial charge in [0.05, 0.1) is 18.7 Å². The van der Waals surface area contributed by atoms with Gasteiger partial charge < -0.3 is 15.4 Å². The highest BCUT2D eigenvalue weighted by Gasteiger charge is 2.19. The van der Waals surface area contributed by atoms with Gasteiger partial charge >= 0.3 is 5.97 Å². The fourth-order valence-corrected chi connectivity index (χ4v) is 3.08. The molecule has 0 aliphatic rings. The maximum atomic E-state index is 11.8. The van der Waals surface area contributed by atoms with Crippen molar-refractivity contribution in [3.05, 3.63) is 64.7 Å². The molecular formula is C21H26N2O2S. The van der Waals surface area contributed by atoms with Crippen molar-refractivity contribution in [3.8, 4) is 0 Å². The Labute approximate surface area is 161 Å². The van der Waals surface area contributed by atoms with E-state index in [0.717, 1.165) is 11.3 Å². The number of thiocarbonyl (C=S) groups is 1. The topological polar surface area (TPSA) is 50.4 Å². The minimum Gasteiger partial charge on any atom is -0.465 e. The number of ether oxygens (including phenoxy) is 1. The molecule has 0 spiro atoms. The van der Waals surface area contributed by atoms with Gasteiger partial charge in [0, 0.05) is 5.69 Å². The van der Waals surface area contributed by atoms with Crippen LogP contribution >= 0.6 is 12.2 Å². The smallest absolute Gasteiger partial charge is 0.337 e. The van der Waals surface area contributed by atoms with E-state index in [1.54, 1.807) is 12.1 Å². The highest BCUT2D eigenvalue weighted by atomic mass is 32.1. The Bertz CT molecular complexity index is 802. The summed E-state index contributed by atoms with van der Waals surface area (Å²) in [6.45, 7) is 8.39. The van der Waals surface area contributed by atoms with Crippen molar-refractivity contribution in [3.63, 3.8) is 0 Å². The summed E-state index contributed by atoms with van der Waals surface area (Å²) in [5.41, 5.74) is 4.73. The molecule has 0 heterocycles. The summed E-state index contributed by atoms with van der Waals surface area (Å²) >= 11 is 5.53. The van der Waals surface area contributed by atoms with Crippen LogP contribution in [0.15, 0.2) is 42.5 Å². The van der Waals surface area contributed by atoms with Gasteiger partial charge in [-0.15, -0.1) is 0 Å². The highest BCUT2D eigenvalue weighted by molar-refractivity contribution is 7.80. The molecule has 1 atom stereocenters. The molecule has 5 heteroatoms. The molecule has 138 valence electrons. The predicted octanol–water partition coefficient (Wildman–Crippen LogP) is 4.77. The highest BCUT2D eigenvalue weighted by Crippen LogP contribution is 2.25. The van der Waals surface area contributed by atoms with Crippen molar-refractivity contribution in [1.29, 1.82) is 0 Å². The molecular weight excluding hydrogens is 344 g/mol. The molecule has 0 saturated carbocycles. The van der Waals surface area contributed by atoms with E-state index >= 15 is 0 Å². The van der Waals surface area contributed by atoms with Crippen molar-refractivity contribution in [2.75, 3.05) is 12.4 Å². The van der Waals surface area contributed by atoms with Gasteiger partial charge in [0.2, 0.25) is 0 Å². The molecule has 0 unspecified atom stereocenters. The summed E-state index contributed by atoms with van der Waals surface area (Å²) in [4.78, 5) is 11.8. The molecule has 2 rings (SSSR count). The van der Waals surface area contributed by atoms with Crippen molar-refractivity contribution < 1.29 is 9.53 Å². The summed E-state index contributed by atoms with van der Waals surface area (Å²) in [5, 5.41) is 7.16. The van der Waals surface area contributed by atoms with E-state index in [1.165, 1.54) is 18.2 Å². The number of nitrogens with one attached hydrogen (secondary N) is 2. The fourth-order valence-electron chi connectivity index (χ4n) is 2.84. The minimum absolute atomic E-state index is 0.0975. The van der Waals surface area contributed by atoms with Crippen molar-refractivity contribution in [2.24, 2.45) is 5.92 Å². The van der Waals surface area contributed by atoms with E-state index in [1.807, 2.05) is 25.1 Å². The summed E-state index contributed by atoms with van der Waals surface area (Å²) < 4.78 is 4.79. The molecule has 4 nitrogen and oxygen atoms in total.